The molecule has 2 saturated heterocycles. The van der Waals surface area contributed by atoms with Crippen molar-refractivity contribution in [1.82, 2.24) is 9.80 Å². The Morgan fingerprint density at radius 2 is 1.40 bits per heavy atom. The number of hydrogen-bond donors (Lipinski definition) is 0. The first-order valence-corrected chi connectivity index (χ1v) is 5.49. The third kappa shape index (κ3) is 2.89. The molecule has 2 atom stereocenters. The molecule has 5 nitrogen and oxygen atoms in total. The van der Waals surface area contributed by atoms with Crippen LogP contribution in [0, 0.1) is 0 Å². The summed E-state index contributed by atoms with van der Waals surface area (Å²) in [7, 11) is 4.13. The molecule has 2 unspecified atom stereocenters. The van der Waals surface area contributed by atoms with Gasteiger partial charge < -0.3 is 14.2 Å². The summed E-state index contributed by atoms with van der Waals surface area (Å²) in [5.41, 5.74) is 0. The van der Waals surface area contributed by atoms with Crippen LogP contribution in [-0.2, 0) is 14.2 Å². The van der Waals surface area contributed by atoms with Gasteiger partial charge in [-0.1, -0.05) is 0 Å². The van der Waals surface area contributed by atoms with E-state index in [0.717, 1.165) is 26.3 Å². The van der Waals surface area contributed by atoms with E-state index in [4.69, 9.17) is 14.2 Å². The summed E-state index contributed by atoms with van der Waals surface area (Å²) < 4.78 is 16.8. The van der Waals surface area contributed by atoms with Gasteiger partial charge >= 0.3 is 0 Å². The van der Waals surface area contributed by atoms with E-state index < -0.39 is 0 Å². The Kier molecular flexibility index (Phi) is 3.93. The van der Waals surface area contributed by atoms with Gasteiger partial charge in [-0.25, -0.2) is 0 Å². The maximum atomic E-state index is 5.96. The molecule has 0 bridgehead atoms. The predicted molar refractivity (Wildman–Crippen MR) is 55.6 cm³/mol. The molecule has 2 fully saturated rings. The summed E-state index contributed by atoms with van der Waals surface area (Å²) in [6.07, 6.45) is 0.126. The first-order valence-electron chi connectivity index (χ1n) is 5.49. The molecule has 0 aromatic heterocycles. The molecule has 15 heavy (non-hydrogen) atoms. The molecule has 0 N–H and O–H groups in total. The number of rotatable bonds is 2. The highest BCUT2D eigenvalue weighted by Crippen LogP contribution is 2.12. The number of morpholine rings is 2. The van der Waals surface area contributed by atoms with Crippen LogP contribution in [0.25, 0.3) is 0 Å². The Labute approximate surface area is 90.9 Å². The van der Waals surface area contributed by atoms with Crippen molar-refractivity contribution in [3.63, 3.8) is 0 Å². The zero-order chi connectivity index (χ0) is 10.7. The zero-order valence-corrected chi connectivity index (χ0v) is 9.52. The molecule has 5 heteroatoms. The summed E-state index contributed by atoms with van der Waals surface area (Å²) in [5.74, 6) is 0. The van der Waals surface area contributed by atoms with E-state index >= 15 is 0 Å². The second-order valence-electron chi connectivity index (χ2n) is 4.16. The van der Waals surface area contributed by atoms with E-state index in [1.54, 1.807) is 0 Å². The van der Waals surface area contributed by atoms with Crippen LogP contribution in [0.4, 0.5) is 0 Å². The lowest BCUT2D eigenvalue weighted by Crippen LogP contribution is -2.52. The van der Waals surface area contributed by atoms with Gasteiger partial charge in [0.15, 0.2) is 0 Å². The van der Waals surface area contributed by atoms with Gasteiger partial charge in [-0.2, -0.15) is 0 Å². The van der Waals surface area contributed by atoms with Crippen LogP contribution in [0.2, 0.25) is 0 Å². The van der Waals surface area contributed by atoms with Gasteiger partial charge in [0, 0.05) is 13.1 Å². The van der Waals surface area contributed by atoms with Gasteiger partial charge in [-0.05, 0) is 14.1 Å². The Balaban J connectivity index is 1.83. The van der Waals surface area contributed by atoms with E-state index in [1.807, 2.05) is 0 Å². The average Bonchev–Trinajstić information content (AvgIpc) is 2.24. The maximum absolute atomic E-state index is 5.96. The highest BCUT2D eigenvalue weighted by Gasteiger charge is 2.27. The number of hydrogen-bond acceptors (Lipinski definition) is 5. The lowest BCUT2D eigenvalue weighted by Gasteiger charge is -2.39. The van der Waals surface area contributed by atoms with Crippen molar-refractivity contribution in [2.75, 3.05) is 53.6 Å². The molecule has 2 heterocycles. The fourth-order valence-electron chi connectivity index (χ4n) is 1.80. The van der Waals surface area contributed by atoms with Crippen molar-refractivity contribution in [2.24, 2.45) is 0 Å². The van der Waals surface area contributed by atoms with Gasteiger partial charge in [0.1, 0.15) is 12.5 Å². The molecule has 0 aromatic rings. The van der Waals surface area contributed by atoms with Crippen molar-refractivity contribution in [3.8, 4) is 0 Å². The van der Waals surface area contributed by atoms with Crippen molar-refractivity contribution in [3.05, 3.63) is 0 Å². The van der Waals surface area contributed by atoms with Gasteiger partial charge in [0.05, 0.1) is 26.4 Å². The SMILES string of the molecule is CN1CCOCC1OC1COCCN1C. The van der Waals surface area contributed by atoms with Crippen LogP contribution >= 0.6 is 0 Å². The van der Waals surface area contributed by atoms with E-state index in [2.05, 4.69) is 23.9 Å². The van der Waals surface area contributed by atoms with Crippen LogP contribution in [0.1, 0.15) is 0 Å². The Bertz CT molecular complexity index is 183. The highest BCUT2D eigenvalue weighted by molar-refractivity contribution is 4.69. The van der Waals surface area contributed by atoms with E-state index in [0.29, 0.717) is 13.2 Å². The van der Waals surface area contributed by atoms with Gasteiger partial charge in [0.2, 0.25) is 0 Å². The standard InChI is InChI=1S/C10H20N2O3/c1-11-3-5-13-7-9(11)15-10-8-14-6-4-12(10)2/h9-10H,3-8H2,1-2H3. The fraction of sp³-hybridized carbons (Fsp3) is 1.00. The predicted octanol–water partition coefficient (Wildman–Crippen LogP) is -0.421. The summed E-state index contributed by atoms with van der Waals surface area (Å²) in [5, 5.41) is 0. The first-order chi connectivity index (χ1) is 7.27. The molecule has 0 radical (unpaired) electrons. The molecule has 88 valence electrons. The molecule has 0 aliphatic carbocycles. The topological polar surface area (TPSA) is 34.2 Å². The highest BCUT2D eigenvalue weighted by atomic mass is 16.6. The van der Waals surface area contributed by atoms with Crippen LogP contribution < -0.4 is 0 Å². The van der Waals surface area contributed by atoms with E-state index in [9.17, 15) is 0 Å². The minimum absolute atomic E-state index is 0.0629. The summed E-state index contributed by atoms with van der Waals surface area (Å²) in [4.78, 5) is 4.37. The Morgan fingerprint density at radius 3 is 1.80 bits per heavy atom. The van der Waals surface area contributed by atoms with Crippen LogP contribution in [0.3, 0.4) is 0 Å². The zero-order valence-electron chi connectivity index (χ0n) is 9.52. The minimum Gasteiger partial charge on any atom is -0.376 e. The van der Waals surface area contributed by atoms with Crippen LogP contribution in [-0.4, -0.2) is 75.9 Å². The third-order valence-corrected chi connectivity index (χ3v) is 2.99. The summed E-state index contributed by atoms with van der Waals surface area (Å²) in [6.45, 7) is 4.77. The molecule has 2 aliphatic rings. The molecule has 0 aromatic carbocycles. The largest absolute Gasteiger partial charge is 0.376 e. The fourth-order valence-corrected chi connectivity index (χ4v) is 1.80. The number of likely N-dealkylation sites (N-methyl/N-ethyl adjacent to an activating group) is 2. The summed E-state index contributed by atoms with van der Waals surface area (Å²) >= 11 is 0. The van der Waals surface area contributed by atoms with Crippen molar-refractivity contribution in [1.29, 1.82) is 0 Å². The molecule has 0 spiro atoms. The Hall–Kier alpha value is -0.200. The molecular formula is C10H20N2O3. The normalized spacial score (nSPS) is 35.6. The van der Waals surface area contributed by atoms with Crippen molar-refractivity contribution in [2.45, 2.75) is 12.5 Å². The van der Waals surface area contributed by atoms with Gasteiger partial charge in [-0.3, -0.25) is 9.80 Å². The lowest BCUT2D eigenvalue weighted by atomic mass is 10.4. The van der Waals surface area contributed by atoms with E-state index in [-0.39, 0.29) is 12.5 Å². The Morgan fingerprint density at radius 1 is 0.933 bits per heavy atom. The summed E-state index contributed by atoms with van der Waals surface area (Å²) in [6, 6.07) is 0. The van der Waals surface area contributed by atoms with Crippen molar-refractivity contribution < 1.29 is 14.2 Å². The van der Waals surface area contributed by atoms with Gasteiger partial charge in [-0.15, -0.1) is 0 Å². The quantitative estimate of drug-likeness (QED) is 0.626. The van der Waals surface area contributed by atoms with Crippen LogP contribution in [0.15, 0.2) is 0 Å². The second-order valence-corrected chi connectivity index (χ2v) is 4.16. The smallest absolute Gasteiger partial charge is 0.136 e. The van der Waals surface area contributed by atoms with Crippen molar-refractivity contribution >= 4 is 0 Å². The second kappa shape index (κ2) is 5.23. The average molecular weight is 216 g/mol. The van der Waals surface area contributed by atoms with E-state index in [1.165, 1.54) is 0 Å². The first kappa shape index (κ1) is 11.3. The molecule has 2 rings (SSSR count). The van der Waals surface area contributed by atoms with Gasteiger partial charge in [0.25, 0.3) is 0 Å². The minimum atomic E-state index is 0.0629. The maximum Gasteiger partial charge on any atom is 0.136 e. The molecular weight excluding hydrogens is 196 g/mol. The van der Waals surface area contributed by atoms with Crippen LogP contribution in [0.5, 0.6) is 0 Å². The third-order valence-electron chi connectivity index (χ3n) is 2.99. The molecule has 2 aliphatic heterocycles. The monoisotopic (exact) mass is 216 g/mol. The molecule has 0 amide bonds. The number of ether oxygens (including phenoxy) is 3. The lowest BCUT2D eigenvalue weighted by molar-refractivity contribution is -0.215. The number of nitrogens with zero attached hydrogens (tertiary/aromatic N) is 2. The molecule has 0 saturated carbocycles.